The summed E-state index contributed by atoms with van der Waals surface area (Å²) in [5.41, 5.74) is 3.96. The lowest BCUT2D eigenvalue weighted by Gasteiger charge is -2.28. The summed E-state index contributed by atoms with van der Waals surface area (Å²) in [4.78, 5) is 10.00. The first-order valence-electron chi connectivity index (χ1n) is 8.96. The molecule has 3 rings (SSSR count). The van der Waals surface area contributed by atoms with Crippen LogP contribution in [-0.2, 0) is 0 Å². The highest BCUT2D eigenvalue weighted by molar-refractivity contribution is 5.87. The molecule has 0 bridgehead atoms. The van der Waals surface area contributed by atoms with Crippen LogP contribution in [0.15, 0.2) is 35.3 Å². The third-order valence-corrected chi connectivity index (χ3v) is 5.17. The number of H-pyrrole nitrogens is 1. The molecular formula is C21H26FN3O. The Labute approximate surface area is 154 Å². The maximum Gasteiger partial charge on any atom is 0.137 e. The average Bonchev–Trinajstić information content (AvgIpc) is 3.08. The van der Waals surface area contributed by atoms with E-state index in [1.807, 2.05) is 13.0 Å². The van der Waals surface area contributed by atoms with Gasteiger partial charge in [-0.3, -0.25) is 0 Å². The zero-order valence-electron chi connectivity index (χ0n) is 15.7. The smallest absolute Gasteiger partial charge is 0.137 e. The Morgan fingerprint density at radius 2 is 2.04 bits per heavy atom. The number of nitrogens with zero attached hydrogens (tertiary/aromatic N) is 2. The van der Waals surface area contributed by atoms with Gasteiger partial charge in [0.15, 0.2) is 0 Å². The Kier molecular flexibility index (Phi) is 5.57. The van der Waals surface area contributed by atoms with Crippen LogP contribution in [0.1, 0.15) is 42.5 Å². The fourth-order valence-corrected chi connectivity index (χ4v) is 3.68. The van der Waals surface area contributed by atoms with Crippen molar-refractivity contribution in [3.05, 3.63) is 53.0 Å². The number of piperidine rings is 1. The van der Waals surface area contributed by atoms with Crippen LogP contribution in [-0.4, -0.2) is 43.8 Å². The van der Waals surface area contributed by atoms with Gasteiger partial charge in [-0.15, -0.1) is 0 Å². The molecule has 1 fully saturated rings. The molecule has 2 aromatic rings. The molecule has 0 saturated carbocycles. The van der Waals surface area contributed by atoms with E-state index in [1.54, 1.807) is 13.2 Å². The second-order valence-corrected chi connectivity index (χ2v) is 6.77. The minimum atomic E-state index is -0.316. The van der Waals surface area contributed by atoms with E-state index in [0.717, 1.165) is 48.4 Å². The molecule has 1 saturated heterocycles. The molecule has 0 aliphatic carbocycles. The fraction of sp³-hybridized carbons (Fsp3) is 0.381. The molecule has 1 aromatic carbocycles. The summed E-state index contributed by atoms with van der Waals surface area (Å²) in [6.07, 6.45) is 4.25. The van der Waals surface area contributed by atoms with E-state index in [4.69, 9.17) is 4.74 Å². The highest BCUT2D eigenvalue weighted by Crippen LogP contribution is 2.39. The second kappa shape index (κ2) is 7.87. The first-order chi connectivity index (χ1) is 12.6. The normalized spacial score (nSPS) is 16.7. The largest absolute Gasteiger partial charge is 0.496 e. The summed E-state index contributed by atoms with van der Waals surface area (Å²) in [5.74, 6) is 1.44. The predicted molar refractivity (Wildman–Crippen MR) is 105 cm³/mol. The first-order valence-corrected chi connectivity index (χ1v) is 8.96. The van der Waals surface area contributed by atoms with Crippen LogP contribution in [0.5, 0.6) is 5.75 Å². The van der Waals surface area contributed by atoms with Gasteiger partial charge >= 0.3 is 0 Å². The molecule has 4 nitrogen and oxygen atoms in total. The van der Waals surface area contributed by atoms with Gasteiger partial charge in [-0.2, -0.15) is 0 Å². The lowest BCUT2D eigenvalue weighted by molar-refractivity contribution is 0.253. The molecule has 1 N–H and O–H groups in total. The number of hydrogen-bond donors (Lipinski definition) is 1. The maximum absolute atomic E-state index is 13.6. The molecule has 0 atom stereocenters. The molecular weight excluding hydrogens is 329 g/mol. The molecule has 0 amide bonds. The van der Waals surface area contributed by atoms with Gasteiger partial charge in [-0.25, -0.2) is 9.38 Å². The van der Waals surface area contributed by atoms with E-state index in [1.165, 1.54) is 17.8 Å². The zero-order valence-corrected chi connectivity index (χ0v) is 15.7. The number of rotatable bonds is 5. The van der Waals surface area contributed by atoms with Gasteiger partial charge in [0.1, 0.15) is 17.4 Å². The minimum absolute atomic E-state index is 0.316. The quantitative estimate of drug-likeness (QED) is 0.786. The van der Waals surface area contributed by atoms with Crippen LogP contribution in [0.2, 0.25) is 0 Å². The third kappa shape index (κ3) is 3.58. The molecule has 26 heavy (non-hydrogen) atoms. The van der Waals surface area contributed by atoms with Gasteiger partial charge in [0.05, 0.1) is 7.11 Å². The molecule has 0 unspecified atom stereocenters. The Morgan fingerprint density at radius 1 is 1.31 bits per heavy atom. The highest BCUT2D eigenvalue weighted by Gasteiger charge is 2.23. The van der Waals surface area contributed by atoms with Gasteiger partial charge in [0.25, 0.3) is 0 Å². The van der Waals surface area contributed by atoms with Crippen molar-refractivity contribution in [2.45, 2.75) is 25.7 Å². The number of halogens is 1. The van der Waals surface area contributed by atoms with Gasteiger partial charge in [-0.1, -0.05) is 6.08 Å². The standard InChI is InChI=1S/C21H26FN3O/c1-5-16(17-7-6-15(22)12-20(17)26-4)18-13-19(24-21(18)23-2)14-8-10-25(3)11-9-14/h5-7,12-14,24H,2,8-11H2,1,3-4H3/b16-5-. The molecule has 1 aliphatic rings. The Hall–Kier alpha value is -2.40. The Bertz CT molecular complexity index is 817. The molecule has 2 heterocycles. The topological polar surface area (TPSA) is 40.6 Å². The van der Waals surface area contributed by atoms with Crippen molar-refractivity contribution in [1.82, 2.24) is 9.88 Å². The van der Waals surface area contributed by atoms with E-state index in [-0.39, 0.29) is 5.82 Å². The van der Waals surface area contributed by atoms with Crippen LogP contribution >= 0.6 is 0 Å². The number of likely N-dealkylation sites (tertiary alicyclic amines) is 1. The number of aromatic amines is 1. The van der Waals surface area contributed by atoms with Crippen molar-refractivity contribution >= 4 is 18.1 Å². The number of aromatic nitrogens is 1. The van der Waals surface area contributed by atoms with Crippen LogP contribution < -0.4 is 4.74 Å². The molecule has 1 aromatic heterocycles. The van der Waals surface area contributed by atoms with Crippen molar-refractivity contribution in [3.63, 3.8) is 0 Å². The number of hydrogen-bond acceptors (Lipinski definition) is 3. The summed E-state index contributed by atoms with van der Waals surface area (Å²) in [5, 5.41) is 0. The van der Waals surface area contributed by atoms with E-state index in [2.05, 4.69) is 34.7 Å². The lowest BCUT2D eigenvalue weighted by Crippen LogP contribution is -2.29. The fourth-order valence-electron chi connectivity index (χ4n) is 3.68. The van der Waals surface area contributed by atoms with Crippen molar-refractivity contribution in [2.24, 2.45) is 4.99 Å². The number of nitrogens with one attached hydrogen (secondary N) is 1. The van der Waals surface area contributed by atoms with Gasteiger partial charge in [0.2, 0.25) is 0 Å². The molecule has 0 spiro atoms. The van der Waals surface area contributed by atoms with Gasteiger partial charge < -0.3 is 14.6 Å². The van der Waals surface area contributed by atoms with Crippen molar-refractivity contribution in [3.8, 4) is 5.75 Å². The number of methoxy groups -OCH3 is 1. The third-order valence-electron chi connectivity index (χ3n) is 5.17. The maximum atomic E-state index is 13.6. The molecule has 138 valence electrons. The summed E-state index contributed by atoms with van der Waals surface area (Å²) in [6.45, 7) is 7.88. The van der Waals surface area contributed by atoms with Gasteiger partial charge in [0, 0.05) is 28.8 Å². The van der Waals surface area contributed by atoms with E-state index in [9.17, 15) is 4.39 Å². The van der Waals surface area contributed by atoms with Gasteiger partial charge in [-0.05, 0) is 70.4 Å². The van der Waals surface area contributed by atoms with Crippen molar-refractivity contribution < 1.29 is 9.13 Å². The predicted octanol–water partition coefficient (Wildman–Crippen LogP) is 4.76. The zero-order chi connectivity index (χ0) is 18.7. The first kappa shape index (κ1) is 18.4. The van der Waals surface area contributed by atoms with Crippen LogP contribution in [0.3, 0.4) is 0 Å². The highest BCUT2D eigenvalue weighted by atomic mass is 19.1. The van der Waals surface area contributed by atoms with Crippen molar-refractivity contribution in [1.29, 1.82) is 0 Å². The molecule has 1 aliphatic heterocycles. The lowest BCUT2D eigenvalue weighted by atomic mass is 9.92. The second-order valence-electron chi connectivity index (χ2n) is 6.77. The summed E-state index contributed by atoms with van der Waals surface area (Å²) in [6, 6.07) is 6.77. The summed E-state index contributed by atoms with van der Waals surface area (Å²) >= 11 is 0. The van der Waals surface area contributed by atoms with Crippen LogP contribution in [0.25, 0.3) is 5.57 Å². The monoisotopic (exact) mass is 355 g/mol. The van der Waals surface area contributed by atoms with E-state index in [0.29, 0.717) is 11.7 Å². The average molecular weight is 355 g/mol. The van der Waals surface area contributed by atoms with Crippen LogP contribution in [0.4, 0.5) is 10.2 Å². The number of allylic oxidation sites excluding steroid dienone is 1. The SMILES string of the molecule is C=Nc1[nH]c(C2CCN(C)CC2)cc1/C(=C\C)c1ccc(F)cc1OC. The Morgan fingerprint density at radius 3 is 2.65 bits per heavy atom. The van der Waals surface area contributed by atoms with Crippen molar-refractivity contribution in [2.75, 3.05) is 27.2 Å². The van der Waals surface area contributed by atoms with E-state index >= 15 is 0 Å². The minimum Gasteiger partial charge on any atom is -0.496 e. The van der Waals surface area contributed by atoms with Crippen LogP contribution in [0, 0.1) is 5.82 Å². The molecule has 5 heteroatoms. The number of aliphatic imine (C=N–C) groups is 1. The number of benzene rings is 1. The summed E-state index contributed by atoms with van der Waals surface area (Å²) in [7, 11) is 3.71. The summed E-state index contributed by atoms with van der Waals surface area (Å²) < 4.78 is 19.0. The molecule has 0 radical (unpaired) electrons. The number of ether oxygens (including phenoxy) is 1. The van der Waals surface area contributed by atoms with E-state index < -0.39 is 0 Å². The Balaban J connectivity index is 2.00.